The van der Waals surface area contributed by atoms with E-state index in [0.717, 1.165) is 45.2 Å². The van der Waals surface area contributed by atoms with E-state index in [1.807, 2.05) is 44.2 Å². The van der Waals surface area contributed by atoms with Crippen molar-refractivity contribution < 1.29 is 4.52 Å². The molecular weight excluding hydrogens is 282 g/mol. The number of thioether (sulfide) groups is 1. The van der Waals surface area contributed by atoms with Crippen LogP contribution in [0.15, 0.2) is 39.9 Å². The van der Waals surface area contributed by atoms with E-state index in [1.54, 1.807) is 11.8 Å². The van der Waals surface area contributed by atoms with E-state index in [0.29, 0.717) is 0 Å². The Bertz CT molecular complexity index is 763. The van der Waals surface area contributed by atoms with E-state index in [2.05, 4.69) is 10.1 Å². The summed E-state index contributed by atoms with van der Waals surface area (Å²) in [7, 11) is 0. The number of nitrogens with zero attached hydrogens (tertiary/aromatic N) is 2. The molecule has 3 aromatic rings. The number of hydrogen-bond acceptors (Lipinski definition) is 5. The van der Waals surface area contributed by atoms with Crippen LogP contribution in [-0.2, 0) is 6.42 Å². The molecule has 0 aliphatic rings. The second-order valence-corrected chi connectivity index (χ2v) is 6.08. The van der Waals surface area contributed by atoms with Crippen LogP contribution in [0.4, 0.5) is 5.69 Å². The van der Waals surface area contributed by atoms with Gasteiger partial charge in [-0.15, -0.1) is 11.8 Å². The minimum atomic E-state index is 0.778. The summed E-state index contributed by atoms with van der Waals surface area (Å²) in [4.78, 5) is 4.64. The number of nitrogen functional groups attached to an aromatic ring is 1. The summed E-state index contributed by atoms with van der Waals surface area (Å²) in [5.41, 5.74) is 9.98. The number of aryl methyl sites for hydroxylation is 2. The first-order valence-corrected chi connectivity index (χ1v) is 7.83. The number of aromatic nitrogens is 2. The zero-order valence-electron chi connectivity index (χ0n) is 12.1. The van der Waals surface area contributed by atoms with Crippen LogP contribution < -0.4 is 5.73 Å². The Morgan fingerprint density at radius 2 is 2.05 bits per heavy atom. The number of pyridine rings is 1. The van der Waals surface area contributed by atoms with Gasteiger partial charge in [-0.3, -0.25) is 0 Å². The highest BCUT2D eigenvalue weighted by molar-refractivity contribution is 7.99. The van der Waals surface area contributed by atoms with Crippen LogP contribution in [0, 0.1) is 13.8 Å². The van der Waals surface area contributed by atoms with Gasteiger partial charge in [0, 0.05) is 22.4 Å². The minimum Gasteiger partial charge on any atom is -0.398 e. The molecule has 0 bridgehead atoms. The lowest BCUT2D eigenvalue weighted by molar-refractivity contribution is 0.392. The molecule has 0 fully saturated rings. The average Bonchev–Trinajstić information content (AvgIpc) is 2.79. The van der Waals surface area contributed by atoms with E-state index in [4.69, 9.17) is 10.3 Å². The monoisotopic (exact) mass is 299 g/mol. The van der Waals surface area contributed by atoms with Crippen LogP contribution in [-0.4, -0.2) is 15.9 Å². The third-order valence-corrected chi connectivity index (χ3v) is 4.42. The van der Waals surface area contributed by atoms with Gasteiger partial charge in [0.25, 0.3) is 0 Å². The van der Waals surface area contributed by atoms with Gasteiger partial charge in [-0.25, -0.2) is 4.98 Å². The van der Waals surface area contributed by atoms with Crippen LogP contribution in [0.25, 0.3) is 10.9 Å². The standard InChI is InChI=1S/C16H17N3OS/c1-10-12(11(2)20-19-10)7-8-21-16-9-14(17)13-5-3-4-6-15(13)18-16/h3-6,9H,7-8H2,1-2H3,(H2,17,18). The Kier molecular flexibility index (Phi) is 3.84. The van der Waals surface area contributed by atoms with Crippen LogP contribution in [0.1, 0.15) is 17.0 Å². The largest absolute Gasteiger partial charge is 0.398 e. The van der Waals surface area contributed by atoms with E-state index >= 15 is 0 Å². The molecule has 21 heavy (non-hydrogen) atoms. The maximum Gasteiger partial charge on any atom is 0.137 e. The highest BCUT2D eigenvalue weighted by Crippen LogP contribution is 2.26. The maximum atomic E-state index is 6.09. The van der Waals surface area contributed by atoms with Crippen molar-refractivity contribution in [3.8, 4) is 0 Å². The highest BCUT2D eigenvalue weighted by atomic mass is 32.2. The van der Waals surface area contributed by atoms with Crippen molar-refractivity contribution >= 4 is 28.4 Å². The van der Waals surface area contributed by atoms with E-state index in [1.165, 1.54) is 5.56 Å². The first-order valence-electron chi connectivity index (χ1n) is 6.85. The lowest BCUT2D eigenvalue weighted by Gasteiger charge is -2.06. The fraction of sp³-hybridized carbons (Fsp3) is 0.250. The lowest BCUT2D eigenvalue weighted by Crippen LogP contribution is -1.95. The molecule has 108 valence electrons. The summed E-state index contributed by atoms with van der Waals surface area (Å²) in [6, 6.07) is 9.89. The summed E-state index contributed by atoms with van der Waals surface area (Å²) in [5.74, 6) is 1.83. The number of nitrogens with two attached hydrogens (primary N) is 1. The van der Waals surface area contributed by atoms with Crippen LogP contribution >= 0.6 is 11.8 Å². The van der Waals surface area contributed by atoms with Crippen LogP contribution in [0.2, 0.25) is 0 Å². The third-order valence-electron chi connectivity index (χ3n) is 3.51. The molecule has 0 amide bonds. The van der Waals surface area contributed by atoms with E-state index in [-0.39, 0.29) is 0 Å². The van der Waals surface area contributed by atoms with Gasteiger partial charge in [0.15, 0.2) is 0 Å². The summed E-state index contributed by atoms with van der Waals surface area (Å²) in [6.45, 7) is 3.93. The normalized spacial score (nSPS) is 11.1. The van der Waals surface area contributed by atoms with Crippen LogP contribution in [0.3, 0.4) is 0 Å². The Labute approximate surface area is 127 Å². The molecule has 0 spiro atoms. The number of fused-ring (bicyclic) bond motifs is 1. The Morgan fingerprint density at radius 1 is 1.24 bits per heavy atom. The van der Waals surface area contributed by atoms with E-state index in [9.17, 15) is 0 Å². The molecule has 4 nitrogen and oxygen atoms in total. The summed E-state index contributed by atoms with van der Waals surface area (Å²) in [6.07, 6.45) is 0.917. The van der Waals surface area contributed by atoms with E-state index < -0.39 is 0 Å². The Balaban J connectivity index is 1.74. The molecule has 0 atom stereocenters. The predicted molar refractivity (Wildman–Crippen MR) is 86.6 cm³/mol. The van der Waals surface area contributed by atoms with Crippen molar-refractivity contribution in [2.24, 2.45) is 0 Å². The van der Waals surface area contributed by atoms with Gasteiger partial charge in [0.1, 0.15) is 5.76 Å². The average molecular weight is 299 g/mol. The molecule has 3 rings (SSSR count). The van der Waals surface area contributed by atoms with Crippen molar-refractivity contribution in [3.05, 3.63) is 47.3 Å². The van der Waals surface area contributed by atoms with Gasteiger partial charge in [0.05, 0.1) is 16.2 Å². The van der Waals surface area contributed by atoms with Crippen molar-refractivity contribution in [3.63, 3.8) is 0 Å². The molecule has 0 unspecified atom stereocenters. The van der Waals surface area contributed by atoms with Gasteiger partial charge < -0.3 is 10.3 Å². The van der Waals surface area contributed by atoms with Crippen LogP contribution in [0.5, 0.6) is 0 Å². The molecule has 0 radical (unpaired) electrons. The van der Waals surface area contributed by atoms with Crippen molar-refractivity contribution in [1.29, 1.82) is 0 Å². The molecule has 0 saturated carbocycles. The molecule has 2 aromatic heterocycles. The molecule has 2 N–H and O–H groups in total. The maximum absolute atomic E-state index is 6.09. The summed E-state index contributed by atoms with van der Waals surface area (Å²) in [5, 5.41) is 5.94. The quantitative estimate of drug-likeness (QED) is 0.743. The van der Waals surface area contributed by atoms with Crippen molar-refractivity contribution in [2.45, 2.75) is 25.3 Å². The smallest absolute Gasteiger partial charge is 0.137 e. The van der Waals surface area contributed by atoms with Crippen molar-refractivity contribution in [2.75, 3.05) is 11.5 Å². The molecule has 0 aliphatic carbocycles. The predicted octanol–water partition coefficient (Wildman–Crippen LogP) is 3.76. The zero-order valence-corrected chi connectivity index (χ0v) is 12.9. The second-order valence-electron chi connectivity index (χ2n) is 4.97. The fourth-order valence-corrected chi connectivity index (χ4v) is 3.26. The topological polar surface area (TPSA) is 64.9 Å². The number of anilines is 1. The molecular formula is C16H17N3OS. The molecule has 0 saturated heterocycles. The third kappa shape index (κ3) is 2.88. The molecule has 2 heterocycles. The fourth-order valence-electron chi connectivity index (χ4n) is 2.37. The zero-order chi connectivity index (χ0) is 14.8. The van der Waals surface area contributed by atoms with Gasteiger partial charge in [0.2, 0.25) is 0 Å². The number of para-hydroxylation sites is 1. The second kappa shape index (κ2) is 5.77. The molecule has 1 aromatic carbocycles. The first-order chi connectivity index (χ1) is 10.1. The summed E-state index contributed by atoms with van der Waals surface area (Å²) >= 11 is 1.70. The Morgan fingerprint density at radius 3 is 2.81 bits per heavy atom. The summed E-state index contributed by atoms with van der Waals surface area (Å²) < 4.78 is 5.18. The SMILES string of the molecule is Cc1noc(C)c1CCSc1cc(N)c2ccccc2n1. The van der Waals surface area contributed by atoms with Gasteiger partial charge in [-0.1, -0.05) is 23.4 Å². The minimum absolute atomic E-state index is 0.778. The highest BCUT2D eigenvalue weighted by Gasteiger charge is 2.09. The number of benzene rings is 1. The van der Waals surface area contributed by atoms with Gasteiger partial charge in [-0.2, -0.15) is 0 Å². The lowest BCUT2D eigenvalue weighted by atomic mass is 10.1. The number of hydrogen-bond donors (Lipinski definition) is 1. The van der Waals surface area contributed by atoms with Crippen molar-refractivity contribution in [1.82, 2.24) is 10.1 Å². The first kappa shape index (κ1) is 13.9. The van der Waals surface area contributed by atoms with Gasteiger partial charge in [-0.05, 0) is 32.4 Å². The Hall–Kier alpha value is -2.01. The number of rotatable bonds is 4. The molecule has 0 aliphatic heterocycles. The van der Waals surface area contributed by atoms with Gasteiger partial charge >= 0.3 is 0 Å². The molecule has 5 heteroatoms.